The Morgan fingerprint density at radius 3 is 2.62 bits per heavy atom. The van der Waals surface area contributed by atoms with Crippen molar-refractivity contribution in [3.8, 4) is 0 Å². The van der Waals surface area contributed by atoms with E-state index in [2.05, 4.69) is 6.58 Å². The van der Waals surface area contributed by atoms with Crippen molar-refractivity contribution >= 4 is 16.9 Å². The zero-order chi connectivity index (χ0) is 9.84. The number of carbonyl (C=O) groups excluding carboxylic acids is 1. The minimum absolute atomic E-state index is 0.118. The standard InChI is InChI=1S/C9H8O3S/c1-2-8(10)7-5-3-4-6-9(7)13(11)12/h2-6H,1H2,(H,11,12). The summed E-state index contributed by atoms with van der Waals surface area (Å²) in [6.07, 6.45) is 1.12. The summed E-state index contributed by atoms with van der Waals surface area (Å²) in [5, 5.41) is 0. The molecule has 4 heteroatoms. The van der Waals surface area contributed by atoms with Gasteiger partial charge in [-0.3, -0.25) is 4.79 Å². The molecule has 0 aromatic heterocycles. The lowest BCUT2D eigenvalue weighted by Crippen LogP contribution is -2.01. The lowest BCUT2D eigenvalue weighted by molar-refractivity contribution is 0.104. The highest BCUT2D eigenvalue weighted by atomic mass is 32.2. The van der Waals surface area contributed by atoms with Crippen molar-refractivity contribution in [1.29, 1.82) is 0 Å². The fourth-order valence-corrected chi connectivity index (χ4v) is 1.48. The van der Waals surface area contributed by atoms with Crippen molar-refractivity contribution in [2.24, 2.45) is 0 Å². The molecule has 0 bridgehead atoms. The van der Waals surface area contributed by atoms with Crippen LogP contribution in [0.25, 0.3) is 0 Å². The maximum Gasteiger partial charge on any atom is 0.187 e. The molecule has 1 aromatic carbocycles. The number of allylic oxidation sites excluding steroid dienone is 1. The minimum atomic E-state index is -2.13. The van der Waals surface area contributed by atoms with E-state index in [0.717, 1.165) is 6.08 Å². The molecule has 0 saturated heterocycles. The Labute approximate surface area is 78.4 Å². The lowest BCUT2D eigenvalue weighted by atomic mass is 10.1. The number of benzene rings is 1. The van der Waals surface area contributed by atoms with E-state index in [4.69, 9.17) is 4.55 Å². The van der Waals surface area contributed by atoms with Gasteiger partial charge in [0.25, 0.3) is 0 Å². The topological polar surface area (TPSA) is 54.4 Å². The predicted molar refractivity (Wildman–Crippen MR) is 50.0 cm³/mol. The highest BCUT2D eigenvalue weighted by molar-refractivity contribution is 7.79. The molecule has 1 unspecified atom stereocenters. The molecule has 0 saturated carbocycles. The van der Waals surface area contributed by atoms with Crippen LogP contribution in [0, 0.1) is 0 Å². The van der Waals surface area contributed by atoms with E-state index in [1.165, 1.54) is 12.1 Å². The van der Waals surface area contributed by atoms with Gasteiger partial charge in [0.15, 0.2) is 16.9 Å². The molecule has 13 heavy (non-hydrogen) atoms. The Morgan fingerprint density at radius 1 is 1.46 bits per heavy atom. The first kappa shape index (κ1) is 9.83. The van der Waals surface area contributed by atoms with Gasteiger partial charge >= 0.3 is 0 Å². The highest BCUT2D eigenvalue weighted by Crippen LogP contribution is 2.12. The van der Waals surface area contributed by atoms with Crippen LogP contribution in [0.1, 0.15) is 10.4 Å². The first-order chi connectivity index (χ1) is 6.16. The molecule has 0 radical (unpaired) electrons. The highest BCUT2D eigenvalue weighted by Gasteiger charge is 2.10. The molecule has 0 spiro atoms. The molecule has 1 atom stereocenters. The zero-order valence-electron chi connectivity index (χ0n) is 6.77. The number of hydrogen-bond acceptors (Lipinski definition) is 2. The summed E-state index contributed by atoms with van der Waals surface area (Å²) in [5.41, 5.74) is 0.221. The molecule has 3 nitrogen and oxygen atoms in total. The van der Waals surface area contributed by atoms with Gasteiger partial charge in [-0.25, -0.2) is 4.21 Å². The van der Waals surface area contributed by atoms with Gasteiger partial charge in [0, 0.05) is 5.56 Å². The van der Waals surface area contributed by atoms with E-state index in [1.54, 1.807) is 12.1 Å². The van der Waals surface area contributed by atoms with E-state index in [1.807, 2.05) is 0 Å². The van der Waals surface area contributed by atoms with Crippen LogP contribution >= 0.6 is 0 Å². The fraction of sp³-hybridized carbons (Fsp3) is 0. The van der Waals surface area contributed by atoms with Gasteiger partial charge in [-0.15, -0.1) is 0 Å². The summed E-state index contributed by atoms with van der Waals surface area (Å²) in [4.78, 5) is 11.3. The van der Waals surface area contributed by atoms with Gasteiger partial charge in [-0.2, -0.15) is 0 Å². The summed E-state index contributed by atoms with van der Waals surface area (Å²) in [7, 11) is 0. The first-order valence-electron chi connectivity index (χ1n) is 3.53. The van der Waals surface area contributed by atoms with Gasteiger partial charge in [0.2, 0.25) is 0 Å². The molecule has 0 aliphatic carbocycles. The van der Waals surface area contributed by atoms with Gasteiger partial charge in [-0.05, 0) is 18.2 Å². The molecule has 1 rings (SSSR count). The summed E-state index contributed by atoms with van der Waals surface area (Å²) in [5.74, 6) is -0.349. The summed E-state index contributed by atoms with van der Waals surface area (Å²) in [6, 6.07) is 6.16. The van der Waals surface area contributed by atoms with Crippen molar-refractivity contribution in [2.45, 2.75) is 4.90 Å². The smallest absolute Gasteiger partial charge is 0.187 e. The second-order valence-electron chi connectivity index (χ2n) is 2.31. The SMILES string of the molecule is C=CC(=O)c1ccccc1S(=O)O. The first-order valence-corrected chi connectivity index (χ1v) is 4.64. The molecule has 0 heterocycles. The molecule has 0 amide bonds. The zero-order valence-corrected chi connectivity index (χ0v) is 7.58. The van der Waals surface area contributed by atoms with Gasteiger partial charge < -0.3 is 4.55 Å². The molecule has 0 fully saturated rings. The average Bonchev–Trinajstić information content (AvgIpc) is 2.16. The van der Waals surface area contributed by atoms with Crippen molar-refractivity contribution in [2.75, 3.05) is 0 Å². The molecule has 1 aromatic rings. The maximum atomic E-state index is 11.2. The molecular formula is C9H8O3S. The third-order valence-electron chi connectivity index (χ3n) is 1.53. The van der Waals surface area contributed by atoms with E-state index >= 15 is 0 Å². The van der Waals surface area contributed by atoms with Crippen LogP contribution in [0.3, 0.4) is 0 Å². The van der Waals surface area contributed by atoms with E-state index in [0.29, 0.717) is 0 Å². The largest absolute Gasteiger partial charge is 0.302 e. The second kappa shape index (κ2) is 4.11. The molecule has 0 aliphatic rings. The lowest BCUT2D eigenvalue weighted by Gasteiger charge is -2.00. The third-order valence-corrected chi connectivity index (χ3v) is 2.26. The number of ketones is 1. The monoisotopic (exact) mass is 196 g/mol. The van der Waals surface area contributed by atoms with Crippen LogP contribution in [0.5, 0.6) is 0 Å². The average molecular weight is 196 g/mol. The predicted octanol–water partition coefficient (Wildman–Crippen LogP) is 1.64. The van der Waals surface area contributed by atoms with Crippen LogP contribution in [0.4, 0.5) is 0 Å². The number of hydrogen-bond donors (Lipinski definition) is 1. The fourth-order valence-electron chi connectivity index (χ4n) is 0.932. The van der Waals surface area contributed by atoms with Crippen molar-refractivity contribution in [1.82, 2.24) is 0 Å². The normalized spacial score (nSPS) is 12.1. The Hall–Kier alpha value is -1.26. The van der Waals surface area contributed by atoms with E-state index in [9.17, 15) is 9.00 Å². The van der Waals surface area contributed by atoms with Crippen LogP contribution in [0.15, 0.2) is 41.8 Å². The molecule has 1 N–H and O–H groups in total. The van der Waals surface area contributed by atoms with E-state index in [-0.39, 0.29) is 16.2 Å². The second-order valence-corrected chi connectivity index (χ2v) is 3.25. The Kier molecular flexibility index (Phi) is 3.11. The van der Waals surface area contributed by atoms with Crippen LogP contribution in [-0.2, 0) is 11.1 Å². The molecule has 0 aliphatic heterocycles. The summed E-state index contributed by atoms with van der Waals surface area (Å²) < 4.78 is 19.6. The quantitative estimate of drug-likeness (QED) is 0.454. The van der Waals surface area contributed by atoms with Crippen molar-refractivity contribution in [3.63, 3.8) is 0 Å². The molecular weight excluding hydrogens is 188 g/mol. The summed E-state index contributed by atoms with van der Waals surface area (Å²) in [6.45, 7) is 3.31. The maximum absolute atomic E-state index is 11.2. The summed E-state index contributed by atoms with van der Waals surface area (Å²) >= 11 is -2.13. The van der Waals surface area contributed by atoms with Crippen LogP contribution < -0.4 is 0 Å². The molecule has 68 valence electrons. The van der Waals surface area contributed by atoms with Gasteiger partial charge in [0.05, 0.1) is 4.90 Å². The van der Waals surface area contributed by atoms with Crippen molar-refractivity contribution in [3.05, 3.63) is 42.5 Å². The minimum Gasteiger partial charge on any atom is -0.302 e. The van der Waals surface area contributed by atoms with E-state index < -0.39 is 11.1 Å². The van der Waals surface area contributed by atoms with Crippen molar-refractivity contribution < 1.29 is 13.6 Å². The van der Waals surface area contributed by atoms with Gasteiger partial charge in [0.1, 0.15) is 0 Å². The third kappa shape index (κ3) is 2.11. The Morgan fingerprint density at radius 2 is 2.08 bits per heavy atom. The van der Waals surface area contributed by atoms with Crippen LogP contribution in [0.2, 0.25) is 0 Å². The van der Waals surface area contributed by atoms with Gasteiger partial charge in [-0.1, -0.05) is 18.7 Å². The number of rotatable bonds is 3. The Balaban J connectivity index is 3.27. The number of carbonyl (C=O) groups is 1. The Bertz CT molecular complexity index is 371. The van der Waals surface area contributed by atoms with Crippen LogP contribution in [-0.4, -0.2) is 14.5 Å².